The van der Waals surface area contributed by atoms with Crippen LogP contribution in [0.2, 0.25) is 0 Å². The van der Waals surface area contributed by atoms with E-state index in [2.05, 4.69) is 11.9 Å². The molecule has 0 aliphatic rings. The second-order valence-electron chi connectivity index (χ2n) is 5.14. The number of nitrogens with zero attached hydrogens (tertiary/aromatic N) is 2. The van der Waals surface area contributed by atoms with Crippen LogP contribution in [0.15, 0.2) is 48.7 Å². The summed E-state index contributed by atoms with van der Waals surface area (Å²) in [6.45, 7) is 2.77. The lowest BCUT2D eigenvalue weighted by atomic mass is 10.1. The molecular formula is C18H22N2O2. The Labute approximate surface area is 131 Å². The topological polar surface area (TPSA) is 42.4 Å². The molecule has 0 spiro atoms. The van der Waals surface area contributed by atoms with Gasteiger partial charge in [0.2, 0.25) is 0 Å². The fraction of sp³-hybridized carbons (Fsp3) is 0.333. The lowest BCUT2D eigenvalue weighted by Crippen LogP contribution is -2.33. The van der Waals surface area contributed by atoms with Gasteiger partial charge in [-0.05, 0) is 30.2 Å². The van der Waals surface area contributed by atoms with E-state index in [4.69, 9.17) is 4.74 Å². The Morgan fingerprint density at radius 2 is 1.95 bits per heavy atom. The number of pyridine rings is 1. The van der Waals surface area contributed by atoms with Gasteiger partial charge in [-0.3, -0.25) is 9.78 Å². The van der Waals surface area contributed by atoms with Crippen molar-refractivity contribution < 1.29 is 9.53 Å². The average Bonchev–Trinajstić information content (AvgIpc) is 2.58. The maximum Gasteiger partial charge on any atom is 0.260 e. The zero-order chi connectivity index (χ0) is 15.8. The molecule has 0 saturated carbocycles. The fourth-order valence-corrected chi connectivity index (χ4v) is 2.14. The highest BCUT2D eigenvalue weighted by molar-refractivity contribution is 5.77. The molecule has 0 N–H and O–H groups in total. The predicted octanol–water partition coefficient (Wildman–Crippen LogP) is 2.72. The maximum absolute atomic E-state index is 12.1. The van der Waals surface area contributed by atoms with Gasteiger partial charge < -0.3 is 9.64 Å². The summed E-state index contributed by atoms with van der Waals surface area (Å²) in [7, 11) is 1.79. The first-order valence-electron chi connectivity index (χ1n) is 7.55. The number of benzene rings is 1. The van der Waals surface area contributed by atoms with Gasteiger partial charge in [0.25, 0.3) is 5.91 Å². The highest BCUT2D eigenvalue weighted by atomic mass is 16.5. The Hall–Kier alpha value is -2.36. The van der Waals surface area contributed by atoms with Crippen molar-refractivity contribution in [1.29, 1.82) is 0 Å². The van der Waals surface area contributed by atoms with Crippen molar-refractivity contribution in [3.8, 4) is 5.75 Å². The number of amides is 1. The number of aryl methyl sites for hydroxylation is 1. The van der Waals surface area contributed by atoms with E-state index in [-0.39, 0.29) is 12.5 Å². The van der Waals surface area contributed by atoms with E-state index in [1.807, 2.05) is 42.5 Å². The number of carbonyl (C=O) groups is 1. The highest BCUT2D eigenvalue weighted by Crippen LogP contribution is 2.18. The first kappa shape index (κ1) is 16.0. The Morgan fingerprint density at radius 3 is 2.68 bits per heavy atom. The third-order valence-corrected chi connectivity index (χ3v) is 3.56. The summed E-state index contributed by atoms with van der Waals surface area (Å²) >= 11 is 0. The third-order valence-electron chi connectivity index (χ3n) is 3.56. The van der Waals surface area contributed by atoms with Crippen molar-refractivity contribution in [2.24, 2.45) is 0 Å². The molecule has 0 unspecified atom stereocenters. The summed E-state index contributed by atoms with van der Waals surface area (Å²) in [6, 6.07) is 13.6. The number of likely N-dealkylation sites (N-methyl/N-ethyl adjacent to an activating group) is 1. The van der Waals surface area contributed by atoms with Crippen LogP contribution in [0.4, 0.5) is 0 Å². The van der Waals surface area contributed by atoms with E-state index in [1.54, 1.807) is 18.1 Å². The Kier molecular flexibility index (Phi) is 5.95. The summed E-state index contributed by atoms with van der Waals surface area (Å²) in [5.41, 5.74) is 2.10. The zero-order valence-corrected chi connectivity index (χ0v) is 13.2. The maximum atomic E-state index is 12.1. The van der Waals surface area contributed by atoms with Crippen molar-refractivity contribution in [2.45, 2.75) is 19.8 Å². The van der Waals surface area contributed by atoms with E-state index >= 15 is 0 Å². The molecule has 2 rings (SSSR count). The second kappa shape index (κ2) is 8.17. The molecule has 4 heteroatoms. The number of aromatic nitrogens is 1. The van der Waals surface area contributed by atoms with Crippen LogP contribution in [0.3, 0.4) is 0 Å². The van der Waals surface area contributed by atoms with Crippen LogP contribution in [-0.4, -0.2) is 36.0 Å². The number of rotatable bonds is 7. The Morgan fingerprint density at radius 1 is 1.18 bits per heavy atom. The normalized spacial score (nSPS) is 10.3. The molecule has 0 fully saturated rings. The van der Waals surface area contributed by atoms with Gasteiger partial charge in [-0.15, -0.1) is 0 Å². The predicted molar refractivity (Wildman–Crippen MR) is 86.9 cm³/mol. The molecule has 1 amide bonds. The molecule has 2 aromatic rings. The third kappa shape index (κ3) is 4.58. The first-order valence-corrected chi connectivity index (χ1v) is 7.55. The van der Waals surface area contributed by atoms with E-state index in [0.717, 1.165) is 29.8 Å². The van der Waals surface area contributed by atoms with Crippen LogP contribution >= 0.6 is 0 Å². The van der Waals surface area contributed by atoms with Crippen LogP contribution in [0.25, 0.3) is 0 Å². The molecule has 1 aromatic heterocycles. The summed E-state index contributed by atoms with van der Waals surface area (Å²) in [6.07, 6.45) is 3.40. The molecule has 116 valence electrons. The molecule has 0 aliphatic carbocycles. The minimum atomic E-state index is -0.0261. The smallest absolute Gasteiger partial charge is 0.260 e. The molecule has 4 nitrogen and oxygen atoms in total. The van der Waals surface area contributed by atoms with Crippen LogP contribution in [0.1, 0.15) is 18.2 Å². The Bertz CT molecular complexity index is 599. The molecule has 1 aromatic carbocycles. The lowest BCUT2D eigenvalue weighted by molar-refractivity contribution is -0.132. The summed E-state index contributed by atoms with van der Waals surface area (Å²) in [4.78, 5) is 18.1. The molecule has 1 heterocycles. The quantitative estimate of drug-likeness (QED) is 0.789. The van der Waals surface area contributed by atoms with E-state index in [9.17, 15) is 4.79 Å². The Balaban J connectivity index is 1.81. The van der Waals surface area contributed by atoms with Crippen LogP contribution in [0, 0.1) is 0 Å². The van der Waals surface area contributed by atoms with Gasteiger partial charge in [-0.2, -0.15) is 0 Å². The van der Waals surface area contributed by atoms with Crippen molar-refractivity contribution in [2.75, 3.05) is 20.2 Å². The first-order chi connectivity index (χ1) is 10.7. The number of hydrogen-bond donors (Lipinski definition) is 0. The van der Waals surface area contributed by atoms with Gasteiger partial charge in [0.1, 0.15) is 5.75 Å². The van der Waals surface area contributed by atoms with Gasteiger partial charge >= 0.3 is 0 Å². The van der Waals surface area contributed by atoms with Crippen molar-refractivity contribution in [3.63, 3.8) is 0 Å². The van der Waals surface area contributed by atoms with Gasteiger partial charge in [0, 0.05) is 31.9 Å². The van der Waals surface area contributed by atoms with Gasteiger partial charge in [0.05, 0.1) is 0 Å². The summed E-state index contributed by atoms with van der Waals surface area (Å²) in [5, 5.41) is 0. The van der Waals surface area contributed by atoms with Crippen LogP contribution in [0.5, 0.6) is 5.75 Å². The zero-order valence-electron chi connectivity index (χ0n) is 13.2. The van der Waals surface area contributed by atoms with Crippen molar-refractivity contribution in [1.82, 2.24) is 9.88 Å². The fourth-order valence-electron chi connectivity index (χ4n) is 2.14. The van der Waals surface area contributed by atoms with Gasteiger partial charge in [-0.1, -0.05) is 31.2 Å². The average molecular weight is 298 g/mol. The standard InChI is InChI=1S/C18H22N2O2/c1-3-15-8-4-5-10-17(15)22-14-18(21)20(2)13-11-16-9-6-7-12-19-16/h4-10,12H,3,11,13-14H2,1-2H3. The van der Waals surface area contributed by atoms with E-state index in [0.29, 0.717) is 6.54 Å². The summed E-state index contributed by atoms with van der Waals surface area (Å²) in [5.74, 6) is 0.762. The molecular weight excluding hydrogens is 276 g/mol. The minimum absolute atomic E-state index is 0.0261. The van der Waals surface area contributed by atoms with Crippen molar-refractivity contribution in [3.05, 3.63) is 59.9 Å². The number of ether oxygens (including phenoxy) is 1. The molecule has 22 heavy (non-hydrogen) atoms. The second-order valence-corrected chi connectivity index (χ2v) is 5.14. The SMILES string of the molecule is CCc1ccccc1OCC(=O)N(C)CCc1ccccn1. The van der Waals surface area contributed by atoms with Gasteiger partial charge in [-0.25, -0.2) is 0 Å². The molecule has 0 aliphatic heterocycles. The van der Waals surface area contributed by atoms with Crippen LogP contribution in [-0.2, 0) is 17.6 Å². The number of hydrogen-bond acceptors (Lipinski definition) is 3. The van der Waals surface area contributed by atoms with Gasteiger partial charge in [0.15, 0.2) is 6.61 Å². The van der Waals surface area contributed by atoms with Crippen LogP contribution < -0.4 is 4.74 Å². The molecule has 0 atom stereocenters. The highest BCUT2D eigenvalue weighted by Gasteiger charge is 2.11. The van der Waals surface area contributed by atoms with E-state index < -0.39 is 0 Å². The molecule has 0 saturated heterocycles. The number of carbonyl (C=O) groups excluding carboxylic acids is 1. The lowest BCUT2D eigenvalue weighted by Gasteiger charge is -2.18. The number of para-hydroxylation sites is 1. The molecule has 0 radical (unpaired) electrons. The van der Waals surface area contributed by atoms with E-state index in [1.165, 1.54) is 0 Å². The van der Waals surface area contributed by atoms with Crippen molar-refractivity contribution >= 4 is 5.91 Å². The minimum Gasteiger partial charge on any atom is -0.483 e. The molecule has 0 bridgehead atoms. The largest absolute Gasteiger partial charge is 0.483 e. The summed E-state index contributed by atoms with van der Waals surface area (Å²) < 4.78 is 5.66. The monoisotopic (exact) mass is 298 g/mol.